The van der Waals surface area contributed by atoms with Crippen LogP contribution in [0.4, 0.5) is 0 Å². The van der Waals surface area contributed by atoms with Crippen molar-refractivity contribution in [2.75, 3.05) is 20.6 Å². The molecule has 0 saturated carbocycles. The van der Waals surface area contributed by atoms with Crippen LogP contribution in [0.2, 0.25) is 0 Å². The van der Waals surface area contributed by atoms with Crippen LogP contribution in [0.3, 0.4) is 0 Å². The van der Waals surface area contributed by atoms with Crippen LogP contribution in [0, 0.1) is 0 Å². The van der Waals surface area contributed by atoms with Gasteiger partial charge in [-0.3, -0.25) is 4.90 Å². The summed E-state index contributed by atoms with van der Waals surface area (Å²) in [5.74, 6) is 1.00. The van der Waals surface area contributed by atoms with Gasteiger partial charge in [0.15, 0.2) is 0 Å². The zero-order valence-corrected chi connectivity index (χ0v) is 11.3. The van der Waals surface area contributed by atoms with Gasteiger partial charge in [0, 0.05) is 32.5 Å². The fourth-order valence-corrected chi connectivity index (χ4v) is 2.04. The van der Waals surface area contributed by atoms with Gasteiger partial charge in [0.2, 0.25) is 0 Å². The third-order valence-electron chi connectivity index (χ3n) is 3.05. The van der Waals surface area contributed by atoms with Crippen LogP contribution in [0.15, 0.2) is 41.3 Å². The fraction of sp³-hybridized carbons (Fsp3) is 0.429. The first-order chi connectivity index (χ1) is 8.66. The molecule has 0 aliphatic rings. The van der Waals surface area contributed by atoms with Gasteiger partial charge in [-0.2, -0.15) is 0 Å². The molecule has 2 aromatic heterocycles. The average Bonchev–Trinajstić information content (AvgIpc) is 2.95. The molecule has 0 bridgehead atoms. The fourth-order valence-electron chi connectivity index (χ4n) is 2.04. The summed E-state index contributed by atoms with van der Waals surface area (Å²) in [6.45, 7) is 1.75. The quantitative estimate of drug-likeness (QED) is 0.847. The lowest BCUT2D eigenvalue weighted by molar-refractivity contribution is 0.250. The largest absolute Gasteiger partial charge is 0.468 e. The minimum Gasteiger partial charge on any atom is -0.468 e. The van der Waals surface area contributed by atoms with E-state index in [1.165, 1.54) is 5.56 Å². The number of hydrogen-bond donors (Lipinski definition) is 1. The summed E-state index contributed by atoms with van der Waals surface area (Å²) in [6, 6.07) is 6.35. The van der Waals surface area contributed by atoms with Crippen molar-refractivity contribution >= 4 is 0 Å². The van der Waals surface area contributed by atoms with E-state index in [2.05, 4.69) is 47.3 Å². The molecular weight excluding hydrogens is 226 g/mol. The Morgan fingerprint density at radius 1 is 1.39 bits per heavy atom. The number of hydrogen-bond acceptors (Lipinski definition) is 3. The topological polar surface area (TPSA) is 33.3 Å². The number of aryl methyl sites for hydroxylation is 1. The molecule has 2 heterocycles. The molecule has 18 heavy (non-hydrogen) atoms. The number of nitrogens with zero attached hydrogens (tertiary/aromatic N) is 2. The van der Waals surface area contributed by atoms with Crippen LogP contribution in [0.5, 0.6) is 0 Å². The first-order valence-electron chi connectivity index (χ1n) is 6.18. The predicted octanol–water partition coefficient (Wildman–Crippen LogP) is 2.01. The Morgan fingerprint density at radius 2 is 2.22 bits per heavy atom. The first-order valence-corrected chi connectivity index (χ1v) is 6.18. The van der Waals surface area contributed by atoms with E-state index in [4.69, 9.17) is 4.42 Å². The lowest BCUT2D eigenvalue weighted by atomic mass is 10.2. The number of furan rings is 1. The normalized spacial score (nSPS) is 13.1. The minimum absolute atomic E-state index is 0.267. The van der Waals surface area contributed by atoms with Crippen LogP contribution >= 0.6 is 0 Å². The van der Waals surface area contributed by atoms with Crippen LogP contribution in [-0.4, -0.2) is 30.1 Å². The highest BCUT2D eigenvalue weighted by Gasteiger charge is 2.16. The van der Waals surface area contributed by atoms with Gasteiger partial charge >= 0.3 is 0 Å². The van der Waals surface area contributed by atoms with Crippen molar-refractivity contribution in [3.63, 3.8) is 0 Å². The summed E-state index contributed by atoms with van der Waals surface area (Å²) in [4.78, 5) is 2.16. The Hall–Kier alpha value is -1.52. The molecule has 0 aromatic carbocycles. The molecule has 0 aliphatic carbocycles. The second-order valence-corrected chi connectivity index (χ2v) is 4.81. The van der Waals surface area contributed by atoms with Crippen molar-refractivity contribution in [2.45, 2.75) is 12.6 Å². The third-order valence-corrected chi connectivity index (χ3v) is 3.05. The van der Waals surface area contributed by atoms with Gasteiger partial charge < -0.3 is 14.3 Å². The lowest BCUT2D eigenvalue weighted by Crippen LogP contribution is -2.30. The monoisotopic (exact) mass is 247 g/mol. The Kier molecular flexibility index (Phi) is 4.23. The number of rotatable bonds is 6. The first kappa shape index (κ1) is 12.9. The molecule has 1 unspecified atom stereocenters. The molecule has 4 nitrogen and oxygen atoms in total. The van der Waals surface area contributed by atoms with Crippen LogP contribution < -0.4 is 5.32 Å². The lowest BCUT2D eigenvalue weighted by Gasteiger charge is -2.22. The molecule has 0 fully saturated rings. The summed E-state index contributed by atoms with van der Waals surface area (Å²) in [7, 11) is 6.17. The van der Waals surface area contributed by atoms with E-state index in [9.17, 15) is 0 Å². The van der Waals surface area contributed by atoms with Crippen LogP contribution in [0.1, 0.15) is 17.4 Å². The molecule has 4 heteroatoms. The van der Waals surface area contributed by atoms with Crippen molar-refractivity contribution in [3.05, 3.63) is 48.2 Å². The summed E-state index contributed by atoms with van der Waals surface area (Å²) in [5.41, 5.74) is 1.30. The Morgan fingerprint density at radius 3 is 2.78 bits per heavy atom. The van der Waals surface area contributed by atoms with Crippen molar-refractivity contribution in [2.24, 2.45) is 7.05 Å². The minimum atomic E-state index is 0.267. The molecule has 0 radical (unpaired) electrons. The molecule has 1 atom stereocenters. The summed E-state index contributed by atoms with van der Waals surface area (Å²) >= 11 is 0. The second kappa shape index (κ2) is 5.89. The maximum absolute atomic E-state index is 5.48. The van der Waals surface area contributed by atoms with Gasteiger partial charge in [0.1, 0.15) is 5.76 Å². The van der Waals surface area contributed by atoms with Gasteiger partial charge in [0.05, 0.1) is 12.3 Å². The Labute approximate surface area is 108 Å². The maximum atomic E-state index is 5.48. The predicted molar refractivity (Wildman–Crippen MR) is 72.3 cm³/mol. The Balaban J connectivity index is 1.87. The number of aromatic nitrogens is 1. The van der Waals surface area contributed by atoms with Crippen molar-refractivity contribution in [3.8, 4) is 0 Å². The van der Waals surface area contributed by atoms with Crippen molar-refractivity contribution < 1.29 is 4.42 Å². The van der Waals surface area contributed by atoms with E-state index in [1.807, 2.05) is 19.2 Å². The Bertz CT molecular complexity index is 459. The molecule has 0 amide bonds. The van der Waals surface area contributed by atoms with Gasteiger partial charge in [0.25, 0.3) is 0 Å². The van der Waals surface area contributed by atoms with Gasteiger partial charge in [-0.05, 0) is 37.9 Å². The zero-order chi connectivity index (χ0) is 13.0. The van der Waals surface area contributed by atoms with Crippen LogP contribution in [-0.2, 0) is 13.6 Å². The highest BCUT2D eigenvalue weighted by atomic mass is 16.3. The van der Waals surface area contributed by atoms with E-state index in [-0.39, 0.29) is 6.04 Å². The van der Waals surface area contributed by atoms with Crippen molar-refractivity contribution in [1.82, 2.24) is 14.8 Å². The van der Waals surface area contributed by atoms with E-state index in [0.717, 1.165) is 18.8 Å². The third kappa shape index (κ3) is 3.24. The summed E-state index contributed by atoms with van der Waals surface area (Å²) in [6.07, 6.45) is 5.92. The van der Waals surface area contributed by atoms with E-state index < -0.39 is 0 Å². The second-order valence-electron chi connectivity index (χ2n) is 4.81. The smallest absolute Gasteiger partial charge is 0.122 e. The average molecular weight is 247 g/mol. The summed E-state index contributed by atoms with van der Waals surface area (Å²) < 4.78 is 7.54. The van der Waals surface area contributed by atoms with E-state index in [0.29, 0.717) is 0 Å². The molecule has 2 rings (SSSR count). The van der Waals surface area contributed by atoms with Crippen molar-refractivity contribution in [1.29, 1.82) is 0 Å². The SMILES string of the molecule is CN(C)C(CNCc1ccn(C)c1)c1ccco1. The standard InChI is InChI=1S/C14H21N3O/c1-16(2)13(14-5-4-8-18-14)10-15-9-12-6-7-17(3)11-12/h4-8,11,13,15H,9-10H2,1-3H3. The molecule has 2 aromatic rings. The molecular formula is C14H21N3O. The highest BCUT2D eigenvalue weighted by Crippen LogP contribution is 2.17. The summed E-state index contributed by atoms with van der Waals surface area (Å²) in [5, 5.41) is 3.47. The molecule has 0 saturated heterocycles. The molecule has 98 valence electrons. The van der Waals surface area contributed by atoms with Gasteiger partial charge in [-0.25, -0.2) is 0 Å². The van der Waals surface area contributed by atoms with Crippen LogP contribution in [0.25, 0.3) is 0 Å². The zero-order valence-electron chi connectivity index (χ0n) is 11.3. The maximum Gasteiger partial charge on any atom is 0.122 e. The molecule has 0 spiro atoms. The van der Waals surface area contributed by atoms with Gasteiger partial charge in [-0.1, -0.05) is 0 Å². The molecule has 1 N–H and O–H groups in total. The highest BCUT2D eigenvalue weighted by molar-refractivity contribution is 5.10. The number of likely N-dealkylation sites (N-methyl/N-ethyl adjacent to an activating group) is 1. The van der Waals surface area contributed by atoms with E-state index >= 15 is 0 Å². The van der Waals surface area contributed by atoms with E-state index in [1.54, 1.807) is 6.26 Å². The van der Waals surface area contributed by atoms with Gasteiger partial charge in [-0.15, -0.1) is 0 Å². The number of nitrogens with one attached hydrogen (secondary N) is 1. The molecule has 0 aliphatic heterocycles.